The summed E-state index contributed by atoms with van der Waals surface area (Å²) in [5.41, 5.74) is 0.255. The van der Waals surface area contributed by atoms with Crippen LogP contribution in [0.4, 0.5) is 0 Å². The van der Waals surface area contributed by atoms with E-state index >= 15 is 0 Å². The highest BCUT2D eigenvalue weighted by Gasteiger charge is 2.26. The second-order valence-electron chi connectivity index (χ2n) is 5.11. The van der Waals surface area contributed by atoms with E-state index in [0.717, 1.165) is 11.3 Å². The summed E-state index contributed by atoms with van der Waals surface area (Å²) in [6.07, 6.45) is 0.176. The van der Waals surface area contributed by atoms with Crippen molar-refractivity contribution in [1.29, 1.82) is 0 Å². The average Bonchev–Trinajstić information content (AvgIpc) is 2.18. The predicted octanol–water partition coefficient (Wildman–Crippen LogP) is 2.51. The van der Waals surface area contributed by atoms with Gasteiger partial charge in [-0.05, 0) is 52.4 Å². The van der Waals surface area contributed by atoms with E-state index in [-0.39, 0.29) is 12.1 Å². The SMILES string of the molecule is CNC(c1ccc(OC(C)C)cc1)C(C)(C)O. The maximum absolute atomic E-state index is 10.1. The van der Waals surface area contributed by atoms with Crippen LogP contribution in [0.1, 0.15) is 39.3 Å². The first-order valence-electron chi connectivity index (χ1n) is 6.01. The summed E-state index contributed by atoms with van der Waals surface area (Å²) in [5, 5.41) is 13.2. The highest BCUT2D eigenvalue weighted by molar-refractivity contribution is 5.30. The maximum atomic E-state index is 10.1. The van der Waals surface area contributed by atoms with Crippen LogP contribution >= 0.6 is 0 Å². The molecule has 0 fully saturated rings. The van der Waals surface area contributed by atoms with Crippen LogP contribution in [0.2, 0.25) is 0 Å². The van der Waals surface area contributed by atoms with E-state index in [0.29, 0.717) is 0 Å². The molecule has 3 heteroatoms. The molecule has 0 aromatic heterocycles. The summed E-state index contributed by atoms with van der Waals surface area (Å²) >= 11 is 0. The van der Waals surface area contributed by atoms with Crippen LogP contribution in [0.3, 0.4) is 0 Å². The van der Waals surface area contributed by atoms with Gasteiger partial charge in [0, 0.05) is 0 Å². The Hall–Kier alpha value is -1.06. The van der Waals surface area contributed by atoms with Crippen molar-refractivity contribution in [3.63, 3.8) is 0 Å². The lowest BCUT2D eigenvalue weighted by molar-refractivity contribution is 0.0400. The number of aliphatic hydroxyl groups is 1. The largest absolute Gasteiger partial charge is 0.491 e. The second-order valence-corrected chi connectivity index (χ2v) is 5.11. The molecule has 1 rings (SSSR count). The Morgan fingerprint density at radius 1 is 1.18 bits per heavy atom. The summed E-state index contributed by atoms with van der Waals surface area (Å²) in [4.78, 5) is 0. The number of hydrogen-bond donors (Lipinski definition) is 2. The molecular formula is C14H23NO2. The topological polar surface area (TPSA) is 41.5 Å². The first kappa shape index (κ1) is 14.0. The van der Waals surface area contributed by atoms with Crippen LogP contribution in [0.15, 0.2) is 24.3 Å². The third-order valence-corrected chi connectivity index (χ3v) is 2.58. The Kier molecular flexibility index (Phi) is 4.54. The van der Waals surface area contributed by atoms with Gasteiger partial charge in [0.2, 0.25) is 0 Å². The Morgan fingerprint density at radius 3 is 2.06 bits per heavy atom. The standard InChI is InChI=1S/C14H23NO2/c1-10(2)17-12-8-6-11(7-9-12)13(15-5)14(3,4)16/h6-10,13,15-16H,1-5H3. The van der Waals surface area contributed by atoms with Gasteiger partial charge in [-0.3, -0.25) is 0 Å². The number of benzene rings is 1. The van der Waals surface area contributed by atoms with Gasteiger partial charge in [-0.25, -0.2) is 0 Å². The monoisotopic (exact) mass is 237 g/mol. The molecule has 0 aliphatic rings. The van der Waals surface area contributed by atoms with Crippen LogP contribution in [-0.2, 0) is 0 Å². The van der Waals surface area contributed by atoms with Gasteiger partial charge in [-0.1, -0.05) is 12.1 Å². The van der Waals surface area contributed by atoms with Crippen molar-refractivity contribution in [2.75, 3.05) is 7.05 Å². The van der Waals surface area contributed by atoms with Crippen molar-refractivity contribution in [3.8, 4) is 5.75 Å². The van der Waals surface area contributed by atoms with Gasteiger partial charge in [0.05, 0.1) is 17.7 Å². The zero-order chi connectivity index (χ0) is 13.1. The molecule has 96 valence electrons. The van der Waals surface area contributed by atoms with Gasteiger partial charge in [0.1, 0.15) is 5.75 Å². The van der Waals surface area contributed by atoms with Crippen molar-refractivity contribution < 1.29 is 9.84 Å². The molecule has 0 bridgehead atoms. The zero-order valence-electron chi connectivity index (χ0n) is 11.3. The molecule has 1 unspecified atom stereocenters. The number of rotatable bonds is 5. The van der Waals surface area contributed by atoms with E-state index in [4.69, 9.17) is 4.74 Å². The number of nitrogens with one attached hydrogen (secondary N) is 1. The lowest BCUT2D eigenvalue weighted by Gasteiger charge is -2.29. The van der Waals surface area contributed by atoms with Gasteiger partial charge >= 0.3 is 0 Å². The molecule has 2 N–H and O–H groups in total. The zero-order valence-corrected chi connectivity index (χ0v) is 11.3. The second kappa shape index (κ2) is 5.52. The lowest BCUT2D eigenvalue weighted by Crippen LogP contribution is -2.37. The molecule has 0 radical (unpaired) electrons. The lowest BCUT2D eigenvalue weighted by atomic mass is 9.92. The van der Waals surface area contributed by atoms with Crippen molar-refractivity contribution in [2.45, 2.75) is 45.4 Å². The quantitative estimate of drug-likeness (QED) is 0.826. The summed E-state index contributed by atoms with van der Waals surface area (Å²) in [5.74, 6) is 0.856. The Morgan fingerprint density at radius 2 is 1.71 bits per heavy atom. The van der Waals surface area contributed by atoms with E-state index in [1.807, 2.05) is 45.2 Å². The Labute approximate surface area is 104 Å². The normalized spacial score (nSPS) is 13.8. The van der Waals surface area contributed by atoms with Crippen LogP contribution < -0.4 is 10.1 Å². The molecule has 0 amide bonds. The van der Waals surface area contributed by atoms with Gasteiger partial charge in [0.15, 0.2) is 0 Å². The van der Waals surface area contributed by atoms with E-state index in [1.54, 1.807) is 13.8 Å². The van der Waals surface area contributed by atoms with Crippen LogP contribution in [0.5, 0.6) is 5.75 Å². The minimum atomic E-state index is -0.796. The number of likely N-dealkylation sites (N-methyl/N-ethyl adjacent to an activating group) is 1. The molecule has 0 aliphatic carbocycles. The third-order valence-electron chi connectivity index (χ3n) is 2.58. The summed E-state index contributed by atoms with van der Waals surface area (Å²) in [6, 6.07) is 7.75. The van der Waals surface area contributed by atoms with E-state index in [9.17, 15) is 5.11 Å². The highest BCUT2D eigenvalue weighted by Crippen LogP contribution is 2.26. The van der Waals surface area contributed by atoms with E-state index in [1.165, 1.54) is 0 Å². The average molecular weight is 237 g/mol. The predicted molar refractivity (Wildman–Crippen MR) is 70.3 cm³/mol. The van der Waals surface area contributed by atoms with Gasteiger partial charge < -0.3 is 15.2 Å². The smallest absolute Gasteiger partial charge is 0.119 e. The third kappa shape index (κ3) is 4.02. The Bertz CT molecular complexity index is 338. The Balaban J connectivity index is 2.86. The minimum absolute atomic E-state index is 0.0874. The first-order chi connectivity index (χ1) is 7.84. The fourth-order valence-corrected chi connectivity index (χ4v) is 1.94. The molecule has 1 aromatic carbocycles. The van der Waals surface area contributed by atoms with Crippen molar-refractivity contribution in [2.24, 2.45) is 0 Å². The molecule has 0 heterocycles. The van der Waals surface area contributed by atoms with Gasteiger partial charge in [-0.15, -0.1) is 0 Å². The molecule has 1 aromatic rings. The van der Waals surface area contributed by atoms with E-state index < -0.39 is 5.60 Å². The van der Waals surface area contributed by atoms with Gasteiger partial charge in [0.25, 0.3) is 0 Å². The first-order valence-corrected chi connectivity index (χ1v) is 6.01. The molecule has 0 saturated heterocycles. The molecule has 3 nitrogen and oxygen atoms in total. The summed E-state index contributed by atoms with van der Waals surface area (Å²) in [6.45, 7) is 7.60. The molecule has 17 heavy (non-hydrogen) atoms. The fraction of sp³-hybridized carbons (Fsp3) is 0.571. The molecule has 0 saturated carbocycles. The van der Waals surface area contributed by atoms with Crippen molar-refractivity contribution in [3.05, 3.63) is 29.8 Å². The minimum Gasteiger partial charge on any atom is -0.491 e. The molecular weight excluding hydrogens is 214 g/mol. The molecule has 0 spiro atoms. The van der Waals surface area contributed by atoms with Crippen molar-refractivity contribution >= 4 is 0 Å². The molecule has 0 aliphatic heterocycles. The number of hydrogen-bond acceptors (Lipinski definition) is 3. The van der Waals surface area contributed by atoms with E-state index in [2.05, 4.69) is 5.32 Å². The molecule has 1 atom stereocenters. The fourth-order valence-electron chi connectivity index (χ4n) is 1.94. The van der Waals surface area contributed by atoms with Crippen LogP contribution in [0.25, 0.3) is 0 Å². The van der Waals surface area contributed by atoms with Crippen molar-refractivity contribution in [1.82, 2.24) is 5.32 Å². The highest BCUT2D eigenvalue weighted by atomic mass is 16.5. The summed E-state index contributed by atoms with van der Waals surface area (Å²) < 4.78 is 5.59. The van der Waals surface area contributed by atoms with Crippen LogP contribution in [0, 0.1) is 0 Å². The van der Waals surface area contributed by atoms with Crippen LogP contribution in [-0.4, -0.2) is 23.9 Å². The summed E-state index contributed by atoms with van der Waals surface area (Å²) in [7, 11) is 1.85. The van der Waals surface area contributed by atoms with Gasteiger partial charge in [-0.2, -0.15) is 0 Å². The maximum Gasteiger partial charge on any atom is 0.119 e. The number of ether oxygens (including phenoxy) is 1.